The lowest BCUT2D eigenvalue weighted by Gasteiger charge is -2.18. The molecule has 1 fully saturated rings. The van der Waals surface area contributed by atoms with E-state index in [1.165, 1.54) is 0 Å². The summed E-state index contributed by atoms with van der Waals surface area (Å²) in [5, 5.41) is 0.597. The van der Waals surface area contributed by atoms with E-state index in [-0.39, 0.29) is 28.4 Å². The second kappa shape index (κ2) is 4.93. The second-order valence-corrected chi connectivity index (χ2v) is 7.23. The molecule has 1 aromatic rings. The van der Waals surface area contributed by atoms with Crippen LogP contribution in [0.5, 0.6) is 0 Å². The average molecular weight is 301 g/mol. The topological polar surface area (TPSA) is 63.7 Å². The highest BCUT2D eigenvalue weighted by Crippen LogP contribution is 2.47. The molecule has 0 saturated heterocycles. The van der Waals surface area contributed by atoms with Gasteiger partial charge in [-0.25, -0.2) is 4.79 Å². The van der Waals surface area contributed by atoms with Crippen molar-refractivity contribution >= 4 is 17.8 Å². The van der Waals surface area contributed by atoms with Crippen molar-refractivity contribution in [1.82, 2.24) is 5.06 Å². The van der Waals surface area contributed by atoms with Crippen LogP contribution in [0.25, 0.3) is 0 Å². The summed E-state index contributed by atoms with van der Waals surface area (Å²) in [6, 6.07) is 6.47. The molecule has 5 nitrogen and oxygen atoms in total. The lowest BCUT2D eigenvalue weighted by Crippen LogP contribution is -2.33. The van der Waals surface area contributed by atoms with Crippen molar-refractivity contribution in [1.29, 1.82) is 0 Å². The van der Waals surface area contributed by atoms with Crippen LogP contribution in [0, 0.1) is 17.3 Å². The summed E-state index contributed by atoms with van der Waals surface area (Å²) in [4.78, 5) is 41.5. The quantitative estimate of drug-likeness (QED) is 0.805. The first-order valence-corrected chi connectivity index (χ1v) is 7.47. The molecule has 0 unspecified atom stereocenters. The predicted molar refractivity (Wildman–Crippen MR) is 78.7 cm³/mol. The Morgan fingerprint density at radius 2 is 1.73 bits per heavy atom. The number of nitrogens with zero attached hydrogens (tertiary/aromatic N) is 1. The van der Waals surface area contributed by atoms with Gasteiger partial charge in [-0.15, -0.1) is 0 Å². The number of carbonyl (C=O) groups is 3. The van der Waals surface area contributed by atoms with Gasteiger partial charge in [-0.2, -0.15) is 0 Å². The highest BCUT2D eigenvalue weighted by molar-refractivity contribution is 6.20. The van der Waals surface area contributed by atoms with Gasteiger partial charge in [-0.05, 0) is 36.3 Å². The second-order valence-electron chi connectivity index (χ2n) is 7.23. The maximum atomic E-state index is 12.1. The molecule has 2 atom stereocenters. The average Bonchev–Trinajstić information content (AvgIpc) is 3.15. The minimum Gasteiger partial charge on any atom is -0.329 e. The summed E-state index contributed by atoms with van der Waals surface area (Å²) in [6.07, 6.45) is 1.69. The molecule has 22 heavy (non-hydrogen) atoms. The van der Waals surface area contributed by atoms with Gasteiger partial charge in [-0.3, -0.25) is 9.59 Å². The molecule has 1 saturated carbocycles. The fourth-order valence-corrected chi connectivity index (χ4v) is 2.96. The number of carbonyl (C=O) groups excluding carboxylic acids is 3. The first-order valence-electron chi connectivity index (χ1n) is 7.47. The third kappa shape index (κ3) is 2.63. The number of fused-ring (bicyclic) bond motifs is 1. The first-order chi connectivity index (χ1) is 10.3. The van der Waals surface area contributed by atoms with Crippen LogP contribution >= 0.6 is 0 Å². The Morgan fingerprint density at radius 1 is 1.18 bits per heavy atom. The minimum atomic E-state index is -0.568. The van der Waals surface area contributed by atoms with Crippen LogP contribution < -0.4 is 0 Å². The molecule has 116 valence electrons. The molecule has 2 aliphatic rings. The predicted octanol–water partition coefficient (Wildman–Crippen LogP) is 2.81. The number of benzene rings is 1. The lowest BCUT2D eigenvalue weighted by atomic mass is 9.89. The van der Waals surface area contributed by atoms with Gasteiger partial charge in [0.15, 0.2) is 0 Å². The Morgan fingerprint density at radius 3 is 2.23 bits per heavy atom. The summed E-state index contributed by atoms with van der Waals surface area (Å²) >= 11 is 0. The van der Waals surface area contributed by atoms with E-state index < -0.39 is 17.8 Å². The van der Waals surface area contributed by atoms with E-state index >= 15 is 0 Å². The fraction of sp³-hybridized carbons (Fsp3) is 0.471. The van der Waals surface area contributed by atoms with Gasteiger partial charge in [0.05, 0.1) is 17.0 Å². The largest absolute Gasteiger partial charge is 0.336 e. The zero-order chi connectivity index (χ0) is 16.1. The van der Waals surface area contributed by atoms with Gasteiger partial charge in [0, 0.05) is 0 Å². The summed E-state index contributed by atoms with van der Waals surface area (Å²) in [5.74, 6) is -1.54. The molecular formula is C17H19NO4. The third-order valence-electron chi connectivity index (χ3n) is 4.04. The van der Waals surface area contributed by atoms with E-state index in [9.17, 15) is 14.4 Å². The van der Waals surface area contributed by atoms with Crippen molar-refractivity contribution in [2.24, 2.45) is 17.3 Å². The summed E-state index contributed by atoms with van der Waals surface area (Å²) in [7, 11) is 0. The summed E-state index contributed by atoms with van der Waals surface area (Å²) in [6.45, 7) is 6.37. The molecule has 3 rings (SSSR count). The van der Waals surface area contributed by atoms with Crippen molar-refractivity contribution in [3.63, 3.8) is 0 Å². The molecule has 1 heterocycles. The van der Waals surface area contributed by atoms with Crippen molar-refractivity contribution in [2.45, 2.75) is 33.6 Å². The number of hydrogen-bond acceptors (Lipinski definition) is 4. The van der Waals surface area contributed by atoms with E-state index in [0.717, 1.165) is 12.8 Å². The van der Waals surface area contributed by atoms with Crippen molar-refractivity contribution in [3.05, 3.63) is 35.4 Å². The van der Waals surface area contributed by atoms with Gasteiger partial charge >= 0.3 is 5.97 Å². The van der Waals surface area contributed by atoms with E-state index in [4.69, 9.17) is 4.84 Å². The number of imide groups is 1. The molecule has 0 radical (unpaired) electrons. The van der Waals surface area contributed by atoms with Crippen molar-refractivity contribution in [3.8, 4) is 0 Å². The zero-order valence-electron chi connectivity index (χ0n) is 13.0. The monoisotopic (exact) mass is 301 g/mol. The molecule has 5 heteroatoms. The number of hydrogen-bond donors (Lipinski definition) is 0. The van der Waals surface area contributed by atoms with Gasteiger partial charge < -0.3 is 4.84 Å². The molecule has 1 aliphatic carbocycles. The first kappa shape index (κ1) is 14.8. The Hall–Kier alpha value is -2.17. The number of hydroxylamine groups is 2. The Labute approximate surface area is 129 Å². The molecule has 0 bridgehead atoms. The highest BCUT2D eigenvalue weighted by atomic mass is 16.7. The Bertz CT molecular complexity index is 624. The van der Waals surface area contributed by atoms with Gasteiger partial charge in [0.1, 0.15) is 0 Å². The summed E-state index contributed by atoms with van der Waals surface area (Å²) < 4.78 is 0. The molecule has 1 aromatic carbocycles. The van der Waals surface area contributed by atoms with Crippen LogP contribution in [0.15, 0.2) is 24.3 Å². The standard InChI is InChI=1S/C17H19NO4/c1-17(2,3)9-10-8-13(10)16(21)22-18-14(19)11-6-4-5-7-12(11)15(18)20/h4-7,10,13H,8-9H2,1-3H3/t10-,13+/m0/s1. The van der Waals surface area contributed by atoms with Crippen LogP contribution in [-0.2, 0) is 9.63 Å². The van der Waals surface area contributed by atoms with E-state index in [0.29, 0.717) is 5.06 Å². The smallest absolute Gasteiger partial charge is 0.329 e. The molecule has 2 amide bonds. The summed E-state index contributed by atoms with van der Waals surface area (Å²) in [5.41, 5.74) is 0.708. The molecular weight excluding hydrogens is 282 g/mol. The van der Waals surface area contributed by atoms with Crippen LogP contribution in [0.2, 0.25) is 0 Å². The van der Waals surface area contributed by atoms with Gasteiger partial charge in [0.2, 0.25) is 0 Å². The molecule has 1 aliphatic heterocycles. The molecule has 0 aromatic heterocycles. The van der Waals surface area contributed by atoms with Crippen LogP contribution in [0.1, 0.15) is 54.3 Å². The van der Waals surface area contributed by atoms with Crippen molar-refractivity contribution in [2.75, 3.05) is 0 Å². The van der Waals surface area contributed by atoms with Gasteiger partial charge in [0.25, 0.3) is 11.8 Å². The third-order valence-corrected chi connectivity index (χ3v) is 4.04. The minimum absolute atomic E-state index is 0.148. The molecule has 0 N–H and O–H groups in total. The van der Waals surface area contributed by atoms with E-state index in [1.54, 1.807) is 24.3 Å². The van der Waals surface area contributed by atoms with E-state index in [2.05, 4.69) is 20.8 Å². The Balaban J connectivity index is 1.65. The SMILES string of the molecule is CC(C)(C)C[C@@H]1C[C@H]1C(=O)ON1C(=O)c2ccccc2C1=O. The zero-order valence-corrected chi connectivity index (χ0v) is 13.0. The molecule has 0 spiro atoms. The number of rotatable bonds is 3. The number of amides is 2. The van der Waals surface area contributed by atoms with Crippen LogP contribution in [0.4, 0.5) is 0 Å². The van der Waals surface area contributed by atoms with Crippen molar-refractivity contribution < 1.29 is 19.2 Å². The van der Waals surface area contributed by atoms with Gasteiger partial charge in [-0.1, -0.05) is 38.0 Å². The maximum Gasteiger partial charge on any atom is 0.336 e. The lowest BCUT2D eigenvalue weighted by molar-refractivity contribution is -0.170. The van der Waals surface area contributed by atoms with Crippen LogP contribution in [-0.4, -0.2) is 22.8 Å². The van der Waals surface area contributed by atoms with E-state index in [1.807, 2.05) is 0 Å². The highest BCUT2D eigenvalue weighted by Gasteiger charge is 2.48. The van der Waals surface area contributed by atoms with Crippen LogP contribution in [0.3, 0.4) is 0 Å². The Kier molecular flexibility index (Phi) is 3.31. The fourth-order valence-electron chi connectivity index (χ4n) is 2.96. The normalized spacial score (nSPS) is 23.5. The maximum absolute atomic E-state index is 12.1.